The van der Waals surface area contributed by atoms with Crippen LogP contribution in [-0.4, -0.2) is 37.9 Å². The van der Waals surface area contributed by atoms with E-state index in [4.69, 9.17) is 4.42 Å². The maximum atomic E-state index is 14.1. The third kappa shape index (κ3) is 3.03. The Bertz CT molecular complexity index is 1250. The number of H-pyrrole nitrogens is 1. The van der Waals surface area contributed by atoms with Gasteiger partial charge in [-0.05, 0) is 45.0 Å². The van der Waals surface area contributed by atoms with Crippen molar-refractivity contribution >= 4 is 5.65 Å². The van der Waals surface area contributed by atoms with Gasteiger partial charge in [-0.2, -0.15) is 5.10 Å². The lowest BCUT2D eigenvalue weighted by Crippen LogP contribution is -2.28. The van der Waals surface area contributed by atoms with E-state index in [-0.39, 0.29) is 28.8 Å². The third-order valence-electron chi connectivity index (χ3n) is 5.33. The summed E-state index contributed by atoms with van der Waals surface area (Å²) in [5.74, 6) is 0.0633. The van der Waals surface area contributed by atoms with E-state index in [9.17, 15) is 9.18 Å². The minimum absolute atomic E-state index is 0.0775. The second kappa shape index (κ2) is 6.93. The van der Waals surface area contributed by atoms with Gasteiger partial charge in [0.2, 0.25) is 0 Å². The number of rotatable bonds is 3. The molecule has 148 valence electrons. The van der Waals surface area contributed by atoms with Crippen LogP contribution in [0.15, 0.2) is 39.5 Å². The molecule has 29 heavy (non-hydrogen) atoms. The summed E-state index contributed by atoms with van der Waals surface area (Å²) < 4.78 is 21.6. The molecule has 1 saturated heterocycles. The Kier molecular flexibility index (Phi) is 4.24. The van der Waals surface area contributed by atoms with Crippen LogP contribution in [0.4, 0.5) is 4.39 Å². The van der Waals surface area contributed by atoms with Crippen LogP contribution in [0.5, 0.6) is 0 Å². The van der Waals surface area contributed by atoms with E-state index in [1.807, 2.05) is 6.92 Å². The molecule has 3 aromatic heterocycles. The highest BCUT2D eigenvalue weighted by molar-refractivity contribution is 5.75. The molecular weight excluding hydrogens is 375 g/mol. The molecular formula is C20H19FN6O2. The molecule has 1 aliphatic heterocycles. The van der Waals surface area contributed by atoms with Crippen molar-refractivity contribution in [1.82, 2.24) is 30.1 Å². The van der Waals surface area contributed by atoms with Crippen molar-refractivity contribution in [2.75, 3.05) is 13.1 Å². The molecule has 0 amide bonds. The molecule has 0 aliphatic carbocycles. The van der Waals surface area contributed by atoms with Gasteiger partial charge in [0.25, 0.3) is 17.3 Å². The number of aryl methyl sites for hydroxylation is 1. The van der Waals surface area contributed by atoms with Crippen molar-refractivity contribution in [2.45, 2.75) is 25.7 Å². The van der Waals surface area contributed by atoms with Crippen molar-refractivity contribution in [1.29, 1.82) is 0 Å². The standard InChI is InChI=1S/C20H19FN6O2/c1-11-17(20-25-24-19(29-20)13-4-2-3-5-14(13)21)18-23-16(28)10-15(27(18)26-11)12-6-8-22-9-7-12/h2-5,10,12,22H,6-9H2,1H3,(H,23,28). The molecule has 5 rings (SSSR count). The summed E-state index contributed by atoms with van der Waals surface area (Å²) in [6.45, 7) is 3.63. The van der Waals surface area contributed by atoms with E-state index in [1.165, 1.54) is 6.07 Å². The zero-order valence-corrected chi connectivity index (χ0v) is 15.8. The zero-order chi connectivity index (χ0) is 20.0. The lowest BCUT2D eigenvalue weighted by Gasteiger charge is -2.23. The van der Waals surface area contributed by atoms with Gasteiger partial charge >= 0.3 is 0 Å². The fourth-order valence-electron chi connectivity index (χ4n) is 3.91. The highest BCUT2D eigenvalue weighted by atomic mass is 19.1. The quantitative estimate of drug-likeness (QED) is 0.554. The minimum Gasteiger partial charge on any atom is -0.416 e. The first kappa shape index (κ1) is 17.7. The predicted molar refractivity (Wildman–Crippen MR) is 104 cm³/mol. The number of nitrogens with zero attached hydrogens (tertiary/aromatic N) is 4. The average Bonchev–Trinajstić information content (AvgIpc) is 3.32. The summed E-state index contributed by atoms with van der Waals surface area (Å²) >= 11 is 0. The van der Waals surface area contributed by atoms with Crippen molar-refractivity contribution < 1.29 is 8.81 Å². The Balaban J connectivity index is 1.65. The summed E-state index contributed by atoms with van der Waals surface area (Å²) in [7, 11) is 0. The second-order valence-corrected chi connectivity index (χ2v) is 7.20. The Morgan fingerprint density at radius 1 is 1.17 bits per heavy atom. The Morgan fingerprint density at radius 3 is 2.72 bits per heavy atom. The number of nitrogens with one attached hydrogen (secondary N) is 2. The van der Waals surface area contributed by atoms with Crippen LogP contribution < -0.4 is 10.9 Å². The molecule has 0 radical (unpaired) electrons. The lowest BCUT2D eigenvalue weighted by atomic mass is 9.94. The Labute approximate surface area is 164 Å². The molecule has 1 aromatic carbocycles. The van der Waals surface area contributed by atoms with Crippen LogP contribution >= 0.6 is 0 Å². The SMILES string of the molecule is Cc1nn2c(C3CCNCC3)cc(=O)[nH]c2c1-c1nnc(-c2ccccc2F)o1. The summed E-state index contributed by atoms with van der Waals surface area (Å²) in [4.78, 5) is 15.2. The van der Waals surface area contributed by atoms with Crippen LogP contribution in [-0.2, 0) is 0 Å². The van der Waals surface area contributed by atoms with E-state index >= 15 is 0 Å². The predicted octanol–water partition coefficient (Wildman–Crippen LogP) is 2.65. The van der Waals surface area contributed by atoms with Gasteiger partial charge in [-0.15, -0.1) is 10.2 Å². The summed E-state index contributed by atoms with van der Waals surface area (Å²) in [6.07, 6.45) is 1.87. The first-order valence-corrected chi connectivity index (χ1v) is 9.54. The molecule has 0 atom stereocenters. The third-order valence-corrected chi connectivity index (χ3v) is 5.33. The molecule has 0 spiro atoms. The Morgan fingerprint density at radius 2 is 1.93 bits per heavy atom. The number of halogens is 1. The maximum absolute atomic E-state index is 14.1. The second-order valence-electron chi connectivity index (χ2n) is 7.20. The maximum Gasteiger partial charge on any atom is 0.253 e. The van der Waals surface area contributed by atoms with Crippen LogP contribution in [0, 0.1) is 12.7 Å². The van der Waals surface area contributed by atoms with Crippen molar-refractivity contribution in [2.24, 2.45) is 0 Å². The Hall–Kier alpha value is -3.33. The van der Waals surface area contributed by atoms with E-state index in [0.717, 1.165) is 31.6 Å². The van der Waals surface area contributed by atoms with Crippen LogP contribution in [0.25, 0.3) is 28.6 Å². The zero-order valence-electron chi connectivity index (χ0n) is 15.8. The van der Waals surface area contributed by atoms with Gasteiger partial charge in [-0.1, -0.05) is 12.1 Å². The van der Waals surface area contributed by atoms with Crippen molar-refractivity contribution in [3.05, 3.63) is 57.9 Å². The number of hydrogen-bond donors (Lipinski definition) is 2. The number of hydrogen-bond acceptors (Lipinski definition) is 6. The number of fused-ring (bicyclic) bond motifs is 1. The monoisotopic (exact) mass is 394 g/mol. The largest absolute Gasteiger partial charge is 0.416 e. The minimum atomic E-state index is -0.444. The highest BCUT2D eigenvalue weighted by Crippen LogP contribution is 2.32. The average molecular weight is 394 g/mol. The molecule has 0 bridgehead atoms. The number of benzene rings is 1. The van der Waals surface area contributed by atoms with Gasteiger partial charge in [0.15, 0.2) is 0 Å². The topological polar surface area (TPSA) is 101 Å². The molecule has 4 heterocycles. The molecule has 0 saturated carbocycles. The van der Waals surface area contributed by atoms with Crippen LogP contribution in [0.1, 0.15) is 30.1 Å². The van der Waals surface area contributed by atoms with Crippen LogP contribution in [0.3, 0.4) is 0 Å². The normalized spacial score (nSPS) is 15.2. The van der Waals surface area contributed by atoms with E-state index < -0.39 is 5.82 Å². The first-order chi connectivity index (χ1) is 14.1. The summed E-state index contributed by atoms with van der Waals surface area (Å²) in [6, 6.07) is 7.82. The molecule has 8 nitrogen and oxygen atoms in total. The van der Waals surface area contributed by atoms with Crippen molar-refractivity contribution in [3.8, 4) is 22.9 Å². The summed E-state index contributed by atoms with van der Waals surface area (Å²) in [5.41, 5.74) is 2.59. The molecule has 1 fully saturated rings. The van der Waals surface area contributed by atoms with Gasteiger partial charge in [0.1, 0.15) is 17.0 Å². The van der Waals surface area contributed by atoms with E-state index in [0.29, 0.717) is 16.9 Å². The fraction of sp³-hybridized carbons (Fsp3) is 0.300. The first-order valence-electron chi connectivity index (χ1n) is 9.54. The van der Waals surface area contributed by atoms with Crippen molar-refractivity contribution in [3.63, 3.8) is 0 Å². The van der Waals surface area contributed by atoms with E-state index in [2.05, 4.69) is 25.6 Å². The number of piperidine rings is 1. The smallest absolute Gasteiger partial charge is 0.253 e. The lowest BCUT2D eigenvalue weighted by molar-refractivity contribution is 0.446. The number of aromatic amines is 1. The van der Waals surface area contributed by atoms with Gasteiger partial charge in [-0.3, -0.25) is 4.79 Å². The molecule has 4 aromatic rings. The van der Waals surface area contributed by atoms with Gasteiger partial charge in [0.05, 0.1) is 17.0 Å². The molecule has 9 heteroatoms. The highest BCUT2D eigenvalue weighted by Gasteiger charge is 2.25. The van der Waals surface area contributed by atoms with E-state index in [1.54, 1.807) is 28.8 Å². The summed E-state index contributed by atoms with van der Waals surface area (Å²) in [5, 5.41) is 16.0. The molecule has 1 aliphatic rings. The fourth-order valence-corrected chi connectivity index (χ4v) is 3.91. The van der Waals surface area contributed by atoms with Gasteiger partial charge in [0, 0.05) is 12.0 Å². The number of aromatic nitrogens is 5. The molecule has 0 unspecified atom stereocenters. The van der Waals surface area contributed by atoms with Gasteiger partial charge in [-0.25, -0.2) is 8.91 Å². The van der Waals surface area contributed by atoms with Gasteiger partial charge < -0.3 is 14.7 Å². The van der Waals surface area contributed by atoms with Crippen LogP contribution in [0.2, 0.25) is 0 Å². The molecule has 2 N–H and O–H groups in total.